The van der Waals surface area contributed by atoms with Crippen molar-refractivity contribution in [1.29, 1.82) is 0 Å². The Kier molecular flexibility index (Phi) is 6.36. The van der Waals surface area contributed by atoms with E-state index in [9.17, 15) is 9.59 Å². The summed E-state index contributed by atoms with van der Waals surface area (Å²) in [4.78, 5) is 32.8. The van der Waals surface area contributed by atoms with Crippen molar-refractivity contribution in [2.45, 2.75) is 57.3 Å². The number of anilines is 1. The third-order valence-electron chi connectivity index (χ3n) is 7.47. The minimum absolute atomic E-state index is 0.0385. The predicted molar refractivity (Wildman–Crippen MR) is 130 cm³/mol. The highest BCUT2D eigenvalue weighted by Crippen LogP contribution is 2.34. The summed E-state index contributed by atoms with van der Waals surface area (Å²) in [7, 11) is 2.05. The maximum absolute atomic E-state index is 13.1. The van der Waals surface area contributed by atoms with Crippen LogP contribution in [0.2, 0.25) is 0 Å². The lowest BCUT2D eigenvalue weighted by molar-refractivity contribution is 0.0661. The number of nitrogens with zero attached hydrogens (tertiary/aromatic N) is 3. The van der Waals surface area contributed by atoms with E-state index < -0.39 is 0 Å². The minimum Gasteiger partial charge on any atom is -0.354 e. The van der Waals surface area contributed by atoms with Crippen molar-refractivity contribution in [2.24, 2.45) is 0 Å². The second kappa shape index (κ2) is 9.56. The number of hydrogen-bond acceptors (Lipinski definition) is 4. The van der Waals surface area contributed by atoms with Crippen LogP contribution in [-0.4, -0.2) is 60.5 Å². The summed E-state index contributed by atoms with van der Waals surface area (Å²) in [5.41, 5.74) is 3.57. The van der Waals surface area contributed by atoms with Crippen molar-refractivity contribution in [2.75, 3.05) is 31.6 Å². The van der Waals surface area contributed by atoms with Gasteiger partial charge in [-0.2, -0.15) is 0 Å². The van der Waals surface area contributed by atoms with Crippen molar-refractivity contribution < 1.29 is 9.59 Å². The fourth-order valence-electron chi connectivity index (χ4n) is 5.54. The van der Waals surface area contributed by atoms with Crippen molar-refractivity contribution in [1.82, 2.24) is 15.1 Å². The van der Waals surface area contributed by atoms with Crippen molar-refractivity contribution in [3.05, 3.63) is 65.2 Å². The standard InChI is InChI=1S/C27H34N4O2/c1-29-24-18-21(11-12-23(24)27(33)31-15-7-3-6-10-25(29)31)26(32)28-22-13-16-30(17-14-22)19-20-8-4-2-5-9-20/h2,4-5,8-9,11-12,18,22,25H,3,6-7,10,13-17,19H2,1H3,(H,28,32). The van der Waals surface area contributed by atoms with Crippen molar-refractivity contribution in [3.63, 3.8) is 0 Å². The predicted octanol–water partition coefficient (Wildman–Crippen LogP) is 3.87. The third-order valence-corrected chi connectivity index (χ3v) is 7.47. The van der Waals surface area contributed by atoms with Gasteiger partial charge in [0.25, 0.3) is 11.8 Å². The van der Waals surface area contributed by atoms with Gasteiger partial charge in [0.2, 0.25) is 0 Å². The van der Waals surface area contributed by atoms with Crippen LogP contribution in [0.5, 0.6) is 0 Å². The second-order valence-corrected chi connectivity index (χ2v) is 9.68. The van der Waals surface area contributed by atoms with E-state index >= 15 is 0 Å². The first-order chi connectivity index (χ1) is 16.1. The van der Waals surface area contributed by atoms with Crippen LogP contribution in [0.1, 0.15) is 64.8 Å². The van der Waals surface area contributed by atoms with Gasteiger partial charge in [0.05, 0.1) is 11.3 Å². The molecule has 2 saturated heterocycles. The Bertz CT molecular complexity index is 1000. The molecule has 33 heavy (non-hydrogen) atoms. The molecule has 0 radical (unpaired) electrons. The van der Waals surface area contributed by atoms with Gasteiger partial charge in [0.15, 0.2) is 0 Å². The average Bonchev–Trinajstić information content (AvgIpc) is 3.11. The molecule has 1 atom stereocenters. The number of hydrogen-bond donors (Lipinski definition) is 1. The Morgan fingerprint density at radius 3 is 2.55 bits per heavy atom. The molecule has 174 valence electrons. The first-order valence-electron chi connectivity index (χ1n) is 12.3. The molecular weight excluding hydrogens is 412 g/mol. The Morgan fingerprint density at radius 2 is 1.76 bits per heavy atom. The van der Waals surface area contributed by atoms with Crippen LogP contribution < -0.4 is 10.2 Å². The van der Waals surface area contributed by atoms with Gasteiger partial charge >= 0.3 is 0 Å². The summed E-state index contributed by atoms with van der Waals surface area (Å²) in [6, 6.07) is 16.3. The molecule has 6 heteroatoms. The highest BCUT2D eigenvalue weighted by molar-refractivity contribution is 6.04. The van der Waals surface area contributed by atoms with Crippen LogP contribution in [0.25, 0.3) is 0 Å². The monoisotopic (exact) mass is 446 g/mol. The van der Waals surface area contributed by atoms with E-state index in [2.05, 4.69) is 46.4 Å². The van der Waals surface area contributed by atoms with Gasteiger partial charge in [-0.1, -0.05) is 36.8 Å². The normalized spacial score (nSPS) is 21.8. The highest BCUT2D eigenvalue weighted by Gasteiger charge is 2.36. The number of nitrogens with one attached hydrogen (secondary N) is 1. The quantitative estimate of drug-likeness (QED) is 0.775. The molecule has 2 amide bonds. The van der Waals surface area contributed by atoms with E-state index in [1.807, 2.05) is 29.2 Å². The van der Waals surface area contributed by atoms with Crippen LogP contribution in [0.15, 0.2) is 48.5 Å². The van der Waals surface area contributed by atoms with Crippen molar-refractivity contribution in [3.8, 4) is 0 Å². The van der Waals surface area contributed by atoms with Gasteiger partial charge in [0.1, 0.15) is 6.17 Å². The first-order valence-corrected chi connectivity index (χ1v) is 12.3. The number of carbonyl (C=O) groups excluding carboxylic acids is 2. The molecule has 1 unspecified atom stereocenters. The molecular formula is C27H34N4O2. The van der Waals surface area contributed by atoms with E-state index in [1.54, 1.807) is 0 Å². The van der Waals surface area contributed by atoms with E-state index in [1.165, 1.54) is 12.0 Å². The number of amides is 2. The lowest BCUT2D eigenvalue weighted by Gasteiger charge is -2.43. The van der Waals surface area contributed by atoms with Gasteiger partial charge in [0, 0.05) is 44.8 Å². The van der Waals surface area contributed by atoms with Crippen LogP contribution >= 0.6 is 0 Å². The molecule has 0 aliphatic carbocycles. The molecule has 0 bridgehead atoms. The number of likely N-dealkylation sites (tertiary alicyclic amines) is 1. The van der Waals surface area contributed by atoms with Crippen LogP contribution in [0.4, 0.5) is 5.69 Å². The fraction of sp³-hybridized carbons (Fsp3) is 0.481. The molecule has 2 fully saturated rings. The van der Waals surface area contributed by atoms with Gasteiger partial charge in [-0.05, 0) is 55.9 Å². The number of benzene rings is 2. The van der Waals surface area contributed by atoms with E-state index in [4.69, 9.17) is 0 Å². The number of piperidine rings is 1. The topological polar surface area (TPSA) is 55.9 Å². The fourth-order valence-corrected chi connectivity index (χ4v) is 5.54. The zero-order chi connectivity index (χ0) is 22.8. The number of carbonyl (C=O) groups is 2. The average molecular weight is 447 g/mol. The molecule has 6 nitrogen and oxygen atoms in total. The summed E-state index contributed by atoms with van der Waals surface area (Å²) in [6.45, 7) is 3.75. The molecule has 0 spiro atoms. The maximum Gasteiger partial charge on any atom is 0.257 e. The molecule has 3 aliphatic heterocycles. The largest absolute Gasteiger partial charge is 0.354 e. The molecule has 0 saturated carbocycles. The molecule has 2 aromatic carbocycles. The van der Waals surface area contributed by atoms with E-state index in [0.29, 0.717) is 11.1 Å². The summed E-state index contributed by atoms with van der Waals surface area (Å²) < 4.78 is 0. The highest BCUT2D eigenvalue weighted by atomic mass is 16.2. The van der Waals surface area contributed by atoms with Crippen LogP contribution in [0.3, 0.4) is 0 Å². The molecule has 2 aromatic rings. The molecule has 5 rings (SSSR count). The Morgan fingerprint density at radius 1 is 0.970 bits per heavy atom. The minimum atomic E-state index is -0.0385. The van der Waals surface area contributed by atoms with E-state index in [0.717, 1.165) is 64.0 Å². The molecule has 3 heterocycles. The van der Waals surface area contributed by atoms with Crippen LogP contribution in [-0.2, 0) is 6.54 Å². The zero-order valence-corrected chi connectivity index (χ0v) is 19.5. The van der Waals surface area contributed by atoms with Gasteiger partial charge < -0.3 is 15.1 Å². The summed E-state index contributed by atoms with van der Waals surface area (Å²) in [5.74, 6) is 0.0659. The molecule has 0 aromatic heterocycles. The molecule has 1 N–H and O–H groups in total. The van der Waals surface area contributed by atoms with Crippen LogP contribution in [0, 0.1) is 0 Å². The Balaban J connectivity index is 1.22. The zero-order valence-electron chi connectivity index (χ0n) is 19.5. The van der Waals surface area contributed by atoms with Gasteiger partial charge in [-0.15, -0.1) is 0 Å². The maximum atomic E-state index is 13.1. The Labute approximate surface area is 196 Å². The summed E-state index contributed by atoms with van der Waals surface area (Å²) in [5, 5.41) is 3.24. The van der Waals surface area contributed by atoms with E-state index in [-0.39, 0.29) is 24.0 Å². The smallest absolute Gasteiger partial charge is 0.257 e. The van der Waals surface area contributed by atoms with Crippen molar-refractivity contribution >= 4 is 17.5 Å². The Hall–Kier alpha value is -2.86. The number of fused-ring (bicyclic) bond motifs is 2. The second-order valence-electron chi connectivity index (χ2n) is 9.68. The summed E-state index contributed by atoms with van der Waals surface area (Å²) >= 11 is 0. The third kappa shape index (κ3) is 4.62. The lowest BCUT2D eigenvalue weighted by Crippen LogP contribution is -2.53. The first kappa shape index (κ1) is 22.0. The van der Waals surface area contributed by atoms with Gasteiger partial charge in [-0.3, -0.25) is 14.5 Å². The number of rotatable bonds is 4. The van der Waals surface area contributed by atoms with Gasteiger partial charge in [-0.25, -0.2) is 0 Å². The summed E-state index contributed by atoms with van der Waals surface area (Å²) in [6.07, 6.45) is 6.37. The SMILES string of the molecule is CN1c2cc(C(=O)NC3CCN(Cc4ccccc4)CC3)ccc2C(=O)N2CCCCCC21. The lowest BCUT2D eigenvalue weighted by atomic mass is 10.0. The molecule has 3 aliphatic rings.